The van der Waals surface area contributed by atoms with Gasteiger partial charge in [0.1, 0.15) is 0 Å². The van der Waals surface area contributed by atoms with Crippen molar-refractivity contribution in [2.45, 2.75) is 22.6 Å². The molecule has 4 rings (SSSR count). The Bertz CT molecular complexity index is 811. The van der Waals surface area contributed by atoms with Gasteiger partial charge in [0.05, 0.1) is 5.25 Å². The highest BCUT2D eigenvalue weighted by Gasteiger charge is 2.31. The number of rotatable bonds is 3. The number of nitrogens with one attached hydrogen (secondary N) is 1. The maximum atomic E-state index is 3.50. The van der Waals surface area contributed by atoms with E-state index in [-0.39, 0.29) is 0 Å². The van der Waals surface area contributed by atoms with E-state index in [4.69, 9.17) is 0 Å². The van der Waals surface area contributed by atoms with E-state index in [1.807, 2.05) is 11.8 Å². The van der Waals surface area contributed by atoms with E-state index < -0.39 is 0 Å². The normalized spacial score (nSPS) is 20.2. The number of hydrogen-bond acceptors (Lipinski definition) is 2. The van der Waals surface area contributed by atoms with Crippen molar-refractivity contribution >= 4 is 22.5 Å². The average molecular weight is 305 g/mol. The molecule has 0 aliphatic heterocycles. The van der Waals surface area contributed by atoms with Crippen LogP contribution in [0.15, 0.2) is 71.6 Å². The molecule has 0 heterocycles. The fourth-order valence-corrected chi connectivity index (χ4v) is 4.73. The third-order valence-corrected chi connectivity index (χ3v) is 5.88. The van der Waals surface area contributed by atoms with Crippen molar-refractivity contribution in [3.63, 3.8) is 0 Å². The van der Waals surface area contributed by atoms with Gasteiger partial charge in [0, 0.05) is 10.9 Å². The minimum absolute atomic E-state index is 0.488. The summed E-state index contributed by atoms with van der Waals surface area (Å²) in [6, 6.07) is 24.7. The maximum absolute atomic E-state index is 3.50. The van der Waals surface area contributed by atoms with Crippen LogP contribution in [0.1, 0.15) is 16.4 Å². The molecule has 2 atom stereocenters. The number of fused-ring (bicyclic) bond motifs is 2. The van der Waals surface area contributed by atoms with Crippen LogP contribution in [0.2, 0.25) is 0 Å². The fraction of sp³-hybridized carbons (Fsp3) is 0.200. The summed E-state index contributed by atoms with van der Waals surface area (Å²) in [5, 5.41) is 6.61. The van der Waals surface area contributed by atoms with E-state index in [9.17, 15) is 0 Å². The summed E-state index contributed by atoms with van der Waals surface area (Å²) >= 11 is 1.98. The Hall–Kier alpha value is -1.77. The van der Waals surface area contributed by atoms with Crippen LogP contribution in [0.5, 0.6) is 0 Å². The van der Waals surface area contributed by atoms with Crippen LogP contribution in [0.4, 0.5) is 0 Å². The summed E-state index contributed by atoms with van der Waals surface area (Å²) in [6.07, 6.45) is 1.12. The van der Waals surface area contributed by atoms with Crippen molar-refractivity contribution in [2.75, 3.05) is 7.05 Å². The van der Waals surface area contributed by atoms with Gasteiger partial charge in [-0.1, -0.05) is 54.6 Å². The van der Waals surface area contributed by atoms with E-state index in [0.717, 1.165) is 6.42 Å². The molecule has 0 radical (unpaired) electrons. The molecule has 0 fully saturated rings. The van der Waals surface area contributed by atoms with E-state index in [0.29, 0.717) is 11.3 Å². The first-order valence-electron chi connectivity index (χ1n) is 7.76. The van der Waals surface area contributed by atoms with Gasteiger partial charge in [-0.05, 0) is 47.5 Å². The third-order valence-electron chi connectivity index (χ3n) is 4.52. The Kier molecular flexibility index (Phi) is 3.65. The smallest absolute Gasteiger partial charge is 0.0503 e. The second-order valence-corrected chi connectivity index (χ2v) is 7.06. The van der Waals surface area contributed by atoms with Gasteiger partial charge >= 0.3 is 0 Å². The Morgan fingerprint density at radius 1 is 0.909 bits per heavy atom. The average Bonchev–Trinajstić information content (AvgIpc) is 2.93. The highest BCUT2D eigenvalue weighted by molar-refractivity contribution is 7.99. The summed E-state index contributed by atoms with van der Waals surface area (Å²) in [5.41, 5.74) is 2.97. The van der Waals surface area contributed by atoms with Crippen molar-refractivity contribution in [3.05, 3.63) is 77.9 Å². The zero-order chi connectivity index (χ0) is 14.9. The fourth-order valence-electron chi connectivity index (χ4n) is 3.34. The third kappa shape index (κ3) is 2.43. The maximum Gasteiger partial charge on any atom is 0.0503 e. The molecule has 0 spiro atoms. The monoisotopic (exact) mass is 305 g/mol. The minimum atomic E-state index is 0.488. The van der Waals surface area contributed by atoms with Gasteiger partial charge in [0.15, 0.2) is 0 Å². The SMILES string of the molecule is CN[C@@H]1Cc2ccccc2[C@H]1Sc1ccc2ccccc2c1. The molecule has 110 valence electrons. The summed E-state index contributed by atoms with van der Waals surface area (Å²) in [6.45, 7) is 0. The van der Waals surface area contributed by atoms with Crippen molar-refractivity contribution in [1.82, 2.24) is 5.32 Å². The van der Waals surface area contributed by atoms with Gasteiger partial charge in [-0.15, -0.1) is 11.8 Å². The molecule has 0 bridgehead atoms. The lowest BCUT2D eigenvalue weighted by Crippen LogP contribution is -2.27. The highest BCUT2D eigenvalue weighted by Crippen LogP contribution is 2.45. The molecular formula is C20H19NS. The Labute approximate surface area is 135 Å². The number of thioether (sulfide) groups is 1. The van der Waals surface area contributed by atoms with Crippen molar-refractivity contribution in [3.8, 4) is 0 Å². The van der Waals surface area contributed by atoms with E-state index in [2.05, 4.69) is 79.1 Å². The second-order valence-electron chi connectivity index (χ2n) is 5.85. The molecule has 0 unspecified atom stereocenters. The van der Waals surface area contributed by atoms with Crippen LogP contribution in [0.3, 0.4) is 0 Å². The topological polar surface area (TPSA) is 12.0 Å². The molecule has 0 saturated carbocycles. The molecular weight excluding hydrogens is 286 g/mol. The largest absolute Gasteiger partial charge is 0.315 e. The predicted molar refractivity (Wildman–Crippen MR) is 95.5 cm³/mol. The zero-order valence-corrected chi connectivity index (χ0v) is 13.4. The van der Waals surface area contributed by atoms with Crippen LogP contribution >= 0.6 is 11.8 Å². The number of likely N-dealkylation sites (N-methyl/N-ethyl adjacent to an activating group) is 1. The van der Waals surface area contributed by atoms with E-state index >= 15 is 0 Å². The summed E-state index contributed by atoms with van der Waals surface area (Å²) in [7, 11) is 2.07. The van der Waals surface area contributed by atoms with Crippen molar-refractivity contribution in [1.29, 1.82) is 0 Å². The first kappa shape index (κ1) is 13.9. The molecule has 0 amide bonds. The molecule has 3 aromatic rings. The lowest BCUT2D eigenvalue weighted by molar-refractivity contribution is 0.584. The first-order chi connectivity index (χ1) is 10.8. The van der Waals surface area contributed by atoms with Gasteiger partial charge in [-0.3, -0.25) is 0 Å². The van der Waals surface area contributed by atoms with Crippen LogP contribution in [0.25, 0.3) is 10.8 Å². The molecule has 0 saturated heterocycles. The Balaban J connectivity index is 1.68. The van der Waals surface area contributed by atoms with Crippen LogP contribution in [0, 0.1) is 0 Å². The molecule has 1 aliphatic carbocycles. The van der Waals surface area contributed by atoms with E-state index in [1.54, 1.807) is 0 Å². The second kappa shape index (κ2) is 5.79. The Morgan fingerprint density at radius 3 is 2.55 bits per heavy atom. The van der Waals surface area contributed by atoms with Gasteiger partial charge < -0.3 is 5.32 Å². The standard InChI is InChI=1S/C20H19NS/c1-21-19-13-16-8-4-5-9-18(16)20(19)22-17-11-10-14-6-2-3-7-15(14)12-17/h2-12,19-21H,13H2,1H3/t19-,20-/m1/s1. The molecule has 1 N–H and O–H groups in total. The molecule has 22 heavy (non-hydrogen) atoms. The predicted octanol–water partition coefficient (Wildman–Crippen LogP) is 4.82. The van der Waals surface area contributed by atoms with Gasteiger partial charge in [-0.25, -0.2) is 0 Å². The van der Waals surface area contributed by atoms with Crippen LogP contribution in [-0.4, -0.2) is 13.1 Å². The van der Waals surface area contributed by atoms with Gasteiger partial charge in [0.2, 0.25) is 0 Å². The molecule has 1 aliphatic rings. The highest BCUT2D eigenvalue weighted by atomic mass is 32.2. The minimum Gasteiger partial charge on any atom is -0.315 e. The summed E-state index contributed by atoms with van der Waals surface area (Å²) in [4.78, 5) is 1.35. The molecule has 2 heteroatoms. The molecule has 3 aromatic carbocycles. The lowest BCUT2D eigenvalue weighted by Gasteiger charge is -2.19. The number of benzene rings is 3. The molecule has 0 aromatic heterocycles. The number of hydrogen-bond donors (Lipinski definition) is 1. The zero-order valence-electron chi connectivity index (χ0n) is 12.6. The molecule has 1 nitrogen and oxygen atoms in total. The van der Waals surface area contributed by atoms with Crippen molar-refractivity contribution < 1.29 is 0 Å². The van der Waals surface area contributed by atoms with Gasteiger partial charge in [-0.2, -0.15) is 0 Å². The summed E-state index contributed by atoms with van der Waals surface area (Å²) < 4.78 is 0. The van der Waals surface area contributed by atoms with Gasteiger partial charge in [0.25, 0.3) is 0 Å². The van der Waals surface area contributed by atoms with Crippen LogP contribution < -0.4 is 5.32 Å². The first-order valence-corrected chi connectivity index (χ1v) is 8.63. The summed E-state index contributed by atoms with van der Waals surface area (Å²) in [5.74, 6) is 0. The van der Waals surface area contributed by atoms with E-state index in [1.165, 1.54) is 26.8 Å². The van der Waals surface area contributed by atoms with Crippen LogP contribution in [-0.2, 0) is 6.42 Å². The van der Waals surface area contributed by atoms with Crippen molar-refractivity contribution in [2.24, 2.45) is 0 Å². The quantitative estimate of drug-likeness (QED) is 0.744. The Morgan fingerprint density at radius 2 is 1.68 bits per heavy atom. The lowest BCUT2D eigenvalue weighted by atomic mass is 10.1.